The molecule has 0 rings (SSSR count). The van der Waals surface area contributed by atoms with E-state index in [2.05, 4.69) is 74.6 Å². The fraction of sp³-hybridized carbons (Fsp3) is 0.815. The predicted molar refractivity (Wildman–Crippen MR) is 321 cm³/mol. The van der Waals surface area contributed by atoms with Crippen LogP contribution in [-0.2, 0) is 32.7 Å². The molecule has 9 nitrogen and oxygen atoms in total. The first kappa shape index (κ1) is 72.7. The molecule has 438 valence electrons. The van der Waals surface area contributed by atoms with Gasteiger partial charge in [0.05, 0.1) is 13.2 Å². The molecular weight excluding hydrogens is 954 g/mol. The molecule has 0 spiro atoms. The highest BCUT2D eigenvalue weighted by molar-refractivity contribution is 7.47. The van der Waals surface area contributed by atoms with E-state index in [9.17, 15) is 19.0 Å². The normalized spacial score (nSPS) is 13.4. The maximum atomic E-state index is 12.7. The summed E-state index contributed by atoms with van der Waals surface area (Å²) in [5, 5.41) is 0. The van der Waals surface area contributed by atoms with Gasteiger partial charge < -0.3 is 20.1 Å². The Hall–Kier alpha value is -2.29. The largest absolute Gasteiger partial charge is 0.472 e. The van der Waals surface area contributed by atoms with Gasteiger partial charge in [-0.25, -0.2) is 4.57 Å². The summed E-state index contributed by atoms with van der Waals surface area (Å²) >= 11 is 0. The summed E-state index contributed by atoms with van der Waals surface area (Å²) < 4.78 is 33.1. The van der Waals surface area contributed by atoms with Crippen LogP contribution in [0.25, 0.3) is 0 Å². The second-order valence-corrected chi connectivity index (χ2v) is 22.7. The zero-order chi connectivity index (χ0) is 54.5. The summed E-state index contributed by atoms with van der Waals surface area (Å²) in [5.41, 5.74) is 5.39. The summed E-state index contributed by atoms with van der Waals surface area (Å²) in [6.07, 6.45) is 77.3. The molecule has 0 aromatic heterocycles. The van der Waals surface area contributed by atoms with E-state index in [1.807, 2.05) is 0 Å². The molecule has 2 unspecified atom stereocenters. The topological polar surface area (TPSA) is 134 Å². The van der Waals surface area contributed by atoms with Gasteiger partial charge >= 0.3 is 19.8 Å². The Morgan fingerprint density at radius 1 is 0.413 bits per heavy atom. The number of carbonyl (C=O) groups excluding carboxylic acids is 2. The minimum absolute atomic E-state index is 0.0540. The molecule has 0 heterocycles. The van der Waals surface area contributed by atoms with E-state index in [0.717, 1.165) is 57.8 Å². The fourth-order valence-electron chi connectivity index (χ4n) is 9.21. The van der Waals surface area contributed by atoms with Crippen LogP contribution in [0.4, 0.5) is 0 Å². The first-order valence-electron chi connectivity index (χ1n) is 31.8. The van der Waals surface area contributed by atoms with Crippen molar-refractivity contribution in [3.8, 4) is 0 Å². The molecular formula is C65H120NO8P. The van der Waals surface area contributed by atoms with Crippen LogP contribution in [0.3, 0.4) is 0 Å². The highest BCUT2D eigenvalue weighted by atomic mass is 31.2. The first-order chi connectivity index (χ1) is 36.8. The van der Waals surface area contributed by atoms with Gasteiger partial charge in [-0.15, -0.1) is 0 Å². The molecule has 0 bridgehead atoms. The molecule has 0 saturated carbocycles. The van der Waals surface area contributed by atoms with Crippen LogP contribution < -0.4 is 5.73 Å². The second-order valence-electron chi connectivity index (χ2n) is 21.2. The molecule has 0 amide bonds. The standard InChI is InChI=1S/C65H120NO8P/c1-3-5-7-9-11-13-15-17-19-21-23-24-25-26-27-28-29-30-31-32-33-34-35-36-37-38-40-42-44-46-48-50-52-54-56-58-65(68)74-63(62-73-75(69,70)72-60-59-66)61-71-64(67)57-55-53-51-49-47-45-43-41-39-22-20-18-16-14-12-10-8-6-4-2/h5,7,11,13,17-20,23-24,63H,3-4,6,8-10,12,14-16,21-22,25-62,66H2,1-2H3,(H,69,70)/b7-5-,13-11-,19-17-,20-18-,24-23-. The van der Waals surface area contributed by atoms with E-state index in [1.54, 1.807) is 0 Å². The summed E-state index contributed by atoms with van der Waals surface area (Å²) in [7, 11) is -4.39. The van der Waals surface area contributed by atoms with Gasteiger partial charge in [0.2, 0.25) is 0 Å². The van der Waals surface area contributed by atoms with Gasteiger partial charge in [0.25, 0.3) is 0 Å². The number of nitrogens with two attached hydrogens (primary N) is 1. The maximum absolute atomic E-state index is 12.7. The van der Waals surface area contributed by atoms with Gasteiger partial charge in [-0.3, -0.25) is 18.6 Å². The van der Waals surface area contributed by atoms with Crippen molar-refractivity contribution in [1.82, 2.24) is 0 Å². The monoisotopic (exact) mass is 1070 g/mol. The molecule has 0 fully saturated rings. The van der Waals surface area contributed by atoms with Crippen LogP contribution >= 0.6 is 7.82 Å². The van der Waals surface area contributed by atoms with Crippen molar-refractivity contribution in [1.29, 1.82) is 0 Å². The van der Waals surface area contributed by atoms with Gasteiger partial charge in [0.1, 0.15) is 6.61 Å². The minimum Gasteiger partial charge on any atom is -0.462 e. The number of phosphoric ester groups is 1. The number of rotatable bonds is 60. The molecule has 0 aromatic carbocycles. The molecule has 0 aromatic rings. The van der Waals surface area contributed by atoms with Crippen molar-refractivity contribution in [2.45, 2.75) is 315 Å². The lowest BCUT2D eigenvalue weighted by Crippen LogP contribution is -2.29. The number of hydrogen-bond donors (Lipinski definition) is 2. The number of esters is 2. The maximum Gasteiger partial charge on any atom is 0.472 e. The van der Waals surface area contributed by atoms with Crippen molar-refractivity contribution < 1.29 is 37.6 Å². The van der Waals surface area contributed by atoms with Crippen molar-refractivity contribution in [3.63, 3.8) is 0 Å². The van der Waals surface area contributed by atoms with Gasteiger partial charge in [0, 0.05) is 19.4 Å². The van der Waals surface area contributed by atoms with E-state index in [1.165, 1.54) is 218 Å². The summed E-state index contributed by atoms with van der Waals surface area (Å²) in [5.74, 6) is -0.816. The lowest BCUT2D eigenvalue weighted by Gasteiger charge is -2.19. The molecule has 0 aliphatic heterocycles. The van der Waals surface area contributed by atoms with Crippen molar-refractivity contribution >= 4 is 19.8 Å². The smallest absolute Gasteiger partial charge is 0.462 e. The SMILES string of the molecule is CC/C=C\C/C=C\C/C=C\C/C=C\CCCCCCCCCCCCCCCCCCCCCCCCC(=O)OC(COC(=O)CCCCCCCCCCC/C=C\CCCCCCCC)COP(=O)(O)OCCN. The molecule has 3 N–H and O–H groups in total. The third-order valence-corrected chi connectivity index (χ3v) is 14.9. The van der Waals surface area contributed by atoms with Crippen LogP contribution in [0, 0.1) is 0 Å². The molecule has 0 saturated heterocycles. The Morgan fingerprint density at radius 2 is 0.733 bits per heavy atom. The molecule has 2 atom stereocenters. The Balaban J connectivity index is 3.84. The Bertz CT molecular complexity index is 1410. The van der Waals surface area contributed by atoms with Gasteiger partial charge in [-0.2, -0.15) is 0 Å². The average molecular weight is 1070 g/mol. The number of phosphoric acid groups is 1. The fourth-order valence-corrected chi connectivity index (χ4v) is 9.98. The third-order valence-electron chi connectivity index (χ3n) is 13.9. The number of ether oxygens (including phenoxy) is 2. The van der Waals surface area contributed by atoms with Gasteiger partial charge in [-0.1, -0.05) is 280 Å². The third kappa shape index (κ3) is 60.8. The van der Waals surface area contributed by atoms with E-state index < -0.39 is 26.5 Å². The Labute approximate surface area is 463 Å². The molecule has 0 aliphatic rings. The Morgan fingerprint density at radius 3 is 1.11 bits per heavy atom. The lowest BCUT2D eigenvalue weighted by atomic mass is 10.0. The Kier molecular flexibility index (Phi) is 59.1. The summed E-state index contributed by atoms with van der Waals surface area (Å²) in [6, 6.07) is 0. The minimum atomic E-state index is -4.39. The zero-order valence-corrected chi connectivity index (χ0v) is 49.9. The van der Waals surface area contributed by atoms with E-state index in [0.29, 0.717) is 6.42 Å². The highest BCUT2D eigenvalue weighted by Crippen LogP contribution is 2.43. The quantitative estimate of drug-likeness (QED) is 0.0264. The first-order valence-corrected chi connectivity index (χ1v) is 33.3. The van der Waals surface area contributed by atoms with Gasteiger partial charge in [-0.05, 0) is 77.0 Å². The molecule has 75 heavy (non-hydrogen) atoms. The van der Waals surface area contributed by atoms with Crippen LogP contribution in [0.15, 0.2) is 60.8 Å². The van der Waals surface area contributed by atoms with Crippen LogP contribution in [0.5, 0.6) is 0 Å². The number of carbonyl (C=O) groups is 2. The molecule has 10 heteroatoms. The van der Waals surface area contributed by atoms with Crippen LogP contribution in [-0.4, -0.2) is 49.3 Å². The van der Waals surface area contributed by atoms with Crippen molar-refractivity contribution in [3.05, 3.63) is 60.8 Å². The molecule has 0 radical (unpaired) electrons. The lowest BCUT2D eigenvalue weighted by molar-refractivity contribution is -0.161. The van der Waals surface area contributed by atoms with Crippen LogP contribution in [0.2, 0.25) is 0 Å². The van der Waals surface area contributed by atoms with E-state index >= 15 is 0 Å². The number of allylic oxidation sites excluding steroid dienone is 10. The summed E-state index contributed by atoms with van der Waals surface area (Å²) in [6.45, 7) is 3.67. The van der Waals surface area contributed by atoms with Crippen molar-refractivity contribution in [2.24, 2.45) is 5.73 Å². The highest BCUT2D eigenvalue weighted by Gasteiger charge is 2.26. The number of unbranched alkanes of at least 4 members (excludes halogenated alkanes) is 37. The van der Waals surface area contributed by atoms with E-state index in [4.69, 9.17) is 24.3 Å². The second kappa shape index (κ2) is 60.9. The van der Waals surface area contributed by atoms with E-state index in [-0.39, 0.29) is 38.6 Å². The molecule has 0 aliphatic carbocycles. The average Bonchev–Trinajstić information content (AvgIpc) is 3.40. The van der Waals surface area contributed by atoms with Crippen molar-refractivity contribution in [2.75, 3.05) is 26.4 Å². The van der Waals surface area contributed by atoms with Gasteiger partial charge in [0.15, 0.2) is 6.10 Å². The zero-order valence-electron chi connectivity index (χ0n) is 49.0. The summed E-state index contributed by atoms with van der Waals surface area (Å²) in [4.78, 5) is 35.2. The number of hydrogen-bond acceptors (Lipinski definition) is 8. The van der Waals surface area contributed by atoms with Crippen LogP contribution in [0.1, 0.15) is 309 Å². The predicted octanol–water partition coefficient (Wildman–Crippen LogP) is 20.3.